The zero-order valence-electron chi connectivity index (χ0n) is 8.33. The van der Waals surface area contributed by atoms with Crippen molar-refractivity contribution < 1.29 is 0 Å². The summed E-state index contributed by atoms with van der Waals surface area (Å²) in [6, 6.07) is 8.60. The third-order valence-corrected chi connectivity index (χ3v) is 2.94. The van der Waals surface area contributed by atoms with Crippen molar-refractivity contribution in [1.82, 2.24) is 0 Å². The molecule has 0 amide bonds. The molecule has 0 unspecified atom stereocenters. The van der Waals surface area contributed by atoms with Gasteiger partial charge in [0.2, 0.25) is 0 Å². The van der Waals surface area contributed by atoms with Crippen LogP contribution in [-0.2, 0) is 0 Å². The van der Waals surface area contributed by atoms with Crippen LogP contribution in [0.4, 0.5) is 0 Å². The summed E-state index contributed by atoms with van der Waals surface area (Å²) in [5, 5.41) is 8.96. The SMILES string of the molecule is Cc1ccc(C#N)c([C@H]2C[C@@H](N)C2)c1. The number of rotatable bonds is 1. The van der Waals surface area contributed by atoms with Gasteiger partial charge in [-0.15, -0.1) is 0 Å². The molecular formula is C12H14N2. The van der Waals surface area contributed by atoms with E-state index in [9.17, 15) is 0 Å². The minimum Gasteiger partial charge on any atom is -0.328 e. The Bertz CT molecular complexity index is 384. The standard InChI is InChI=1S/C12H14N2/c1-8-2-3-9(7-13)12(4-8)10-5-11(14)6-10/h2-4,10-11H,5-6,14H2,1H3/t10-,11+. The fourth-order valence-corrected chi connectivity index (χ4v) is 2.04. The van der Waals surface area contributed by atoms with Gasteiger partial charge in [0.1, 0.15) is 0 Å². The van der Waals surface area contributed by atoms with Crippen LogP contribution >= 0.6 is 0 Å². The lowest BCUT2D eigenvalue weighted by molar-refractivity contribution is 0.351. The van der Waals surface area contributed by atoms with E-state index < -0.39 is 0 Å². The van der Waals surface area contributed by atoms with Crippen LogP contribution in [0.3, 0.4) is 0 Å². The Kier molecular flexibility index (Phi) is 2.26. The maximum Gasteiger partial charge on any atom is 0.0994 e. The van der Waals surface area contributed by atoms with Crippen LogP contribution in [0.25, 0.3) is 0 Å². The lowest BCUT2D eigenvalue weighted by Crippen LogP contribution is -2.35. The van der Waals surface area contributed by atoms with E-state index in [-0.39, 0.29) is 0 Å². The highest BCUT2D eigenvalue weighted by atomic mass is 14.7. The summed E-state index contributed by atoms with van der Waals surface area (Å²) < 4.78 is 0. The molecule has 0 heterocycles. The molecule has 1 fully saturated rings. The predicted octanol–water partition coefficient (Wildman–Crippen LogP) is 2.07. The minimum absolute atomic E-state index is 0.340. The van der Waals surface area contributed by atoms with Crippen molar-refractivity contribution in [3.8, 4) is 6.07 Å². The normalized spacial score (nSPS) is 25.2. The highest BCUT2D eigenvalue weighted by Gasteiger charge is 2.28. The molecule has 72 valence electrons. The topological polar surface area (TPSA) is 49.8 Å². The molecule has 0 aliphatic heterocycles. The molecule has 2 heteroatoms. The van der Waals surface area contributed by atoms with Crippen LogP contribution in [0.1, 0.15) is 35.4 Å². The van der Waals surface area contributed by atoms with Crippen molar-refractivity contribution in [1.29, 1.82) is 5.26 Å². The van der Waals surface area contributed by atoms with Crippen LogP contribution in [0.2, 0.25) is 0 Å². The van der Waals surface area contributed by atoms with E-state index in [1.54, 1.807) is 0 Å². The molecule has 0 bridgehead atoms. The summed E-state index contributed by atoms with van der Waals surface area (Å²) in [6.45, 7) is 2.06. The van der Waals surface area contributed by atoms with Crippen molar-refractivity contribution >= 4 is 0 Å². The summed E-state index contributed by atoms with van der Waals surface area (Å²) in [5.41, 5.74) is 8.98. The maximum atomic E-state index is 8.96. The minimum atomic E-state index is 0.340. The molecule has 2 rings (SSSR count). The van der Waals surface area contributed by atoms with E-state index in [0.29, 0.717) is 12.0 Å². The molecule has 0 spiro atoms. The lowest BCUT2D eigenvalue weighted by Gasteiger charge is -2.33. The van der Waals surface area contributed by atoms with Crippen molar-refractivity contribution in [2.45, 2.75) is 31.7 Å². The molecular weight excluding hydrogens is 172 g/mol. The van der Waals surface area contributed by atoms with Gasteiger partial charge in [-0.2, -0.15) is 5.26 Å². The molecule has 1 aromatic rings. The van der Waals surface area contributed by atoms with E-state index in [2.05, 4.69) is 19.1 Å². The van der Waals surface area contributed by atoms with Gasteiger partial charge in [-0.05, 0) is 37.3 Å². The molecule has 2 N–H and O–H groups in total. The van der Waals surface area contributed by atoms with Gasteiger partial charge in [-0.25, -0.2) is 0 Å². The van der Waals surface area contributed by atoms with E-state index in [4.69, 9.17) is 11.0 Å². The van der Waals surface area contributed by atoms with Crippen molar-refractivity contribution in [2.24, 2.45) is 5.73 Å². The quantitative estimate of drug-likeness (QED) is 0.730. The van der Waals surface area contributed by atoms with Gasteiger partial charge < -0.3 is 5.73 Å². The van der Waals surface area contributed by atoms with Crippen LogP contribution in [0.15, 0.2) is 18.2 Å². The Balaban J connectivity index is 2.32. The zero-order valence-corrected chi connectivity index (χ0v) is 8.33. The van der Waals surface area contributed by atoms with Gasteiger partial charge in [0, 0.05) is 6.04 Å². The van der Waals surface area contributed by atoms with Crippen molar-refractivity contribution in [3.63, 3.8) is 0 Å². The second kappa shape index (κ2) is 3.43. The van der Waals surface area contributed by atoms with Crippen LogP contribution in [0, 0.1) is 18.3 Å². The summed E-state index contributed by atoms with van der Waals surface area (Å²) in [5.74, 6) is 0.513. The summed E-state index contributed by atoms with van der Waals surface area (Å²) in [7, 11) is 0. The van der Waals surface area contributed by atoms with Gasteiger partial charge >= 0.3 is 0 Å². The Morgan fingerprint density at radius 2 is 2.14 bits per heavy atom. The summed E-state index contributed by atoms with van der Waals surface area (Å²) >= 11 is 0. The molecule has 1 aromatic carbocycles. The first-order chi connectivity index (χ1) is 6.70. The number of aryl methyl sites for hydroxylation is 1. The molecule has 2 nitrogen and oxygen atoms in total. The first-order valence-electron chi connectivity index (χ1n) is 4.97. The van der Waals surface area contributed by atoms with Crippen LogP contribution in [-0.4, -0.2) is 6.04 Å². The smallest absolute Gasteiger partial charge is 0.0994 e. The number of nitrogens with two attached hydrogens (primary N) is 1. The molecule has 0 atom stereocenters. The second-order valence-electron chi connectivity index (χ2n) is 4.13. The largest absolute Gasteiger partial charge is 0.328 e. The maximum absolute atomic E-state index is 8.96. The van der Waals surface area contributed by atoms with Gasteiger partial charge in [-0.1, -0.05) is 17.7 Å². The third-order valence-electron chi connectivity index (χ3n) is 2.94. The highest BCUT2D eigenvalue weighted by Crippen LogP contribution is 2.37. The first-order valence-corrected chi connectivity index (χ1v) is 4.97. The number of hydrogen-bond acceptors (Lipinski definition) is 2. The monoisotopic (exact) mass is 186 g/mol. The summed E-state index contributed by atoms with van der Waals surface area (Å²) in [4.78, 5) is 0. The van der Waals surface area contributed by atoms with E-state index in [1.165, 1.54) is 11.1 Å². The van der Waals surface area contributed by atoms with Gasteiger partial charge in [0.15, 0.2) is 0 Å². The van der Waals surface area contributed by atoms with Crippen LogP contribution < -0.4 is 5.73 Å². The number of benzene rings is 1. The van der Waals surface area contributed by atoms with Crippen LogP contribution in [0.5, 0.6) is 0 Å². The Morgan fingerprint density at radius 1 is 1.43 bits per heavy atom. The Morgan fingerprint density at radius 3 is 2.71 bits per heavy atom. The molecule has 1 aliphatic rings. The van der Waals surface area contributed by atoms with E-state index in [1.807, 2.05) is 12.1 Å². The van der Waals surface area contributed by atoms with Gasteiger partial charge in [-0.3, -0.25) is 0 Å². The zero-order chi connectivity index (χ0) is 10.1. The van der Waals surface area contributed by atoms with Crippen molar-refractivity contribution in [2.75, 3.05) is 0 Å². The second-order valence-corrected chi connectivity index (χ2v) is 4.13. The molecule has 1 saturated carbocycles. The molecule has 1 aliphatic carbocycles. The molecule has 0 radical (unpaired) electrons. The average molecular weight is 186 g/mol. The number of hydrogen-bond donors (Lipinski definition) is 1. The molecule has 0 aromatic heterocycles. The van der Waals surface area contributed by atoms with Gasteiger partial charge in [0.05, 0.1) is 11.6 Å². The lowest BCUT2D eigenvalue weighted by atomic mass is 9.75. The predicted molar refractivity (Wildman–Crippen MR) is 55.8 cm³/mol. The summed E-state index contributed by atoms with van der Waals surface area (Å²) in [6.07, 6.45) is 2.05. The Hall–Kier alpha value is -1.33. The molecule has 14 heavy (non-hydrogen) atoms. The van der Waals surface area contributed by atoms with E-state index in [0.717, 1.165) is 18.4 Å². The van der Waals surface area contributed by atoms with Gasteiger partial charge in [0.25, 0.3) is 0 Å². The Labute approximate surface area is 84.3 Å². The fourth-order valence-electron chi connectivity index (χ4n) is 2.04. The third kappa shape index (κ3) is 1.51. The average Bonchev–Trinajstić information content (AvgIpc) is 2.13. The number of nitrogens with zero attached hydrogens (tertiary/aromatic N) is 1. The first kappa shape index (κ1) is 9.23. The van der Waals surface area contributed by atoms with E-state index >= 15 is 0 Å². The fraction of sp³-hybridized carbons (Fsp3) is 0.417. The highest BCUT2D eigenvalue weighted by molar-refractivity contribution is 5.43. The van der Waals surface area contributed by atoms with Crippen molar-refractivity contribution in [3.05, 3.63) is 34.9 Å². The molecule has 0 saturated heterocycles. The number of nitriles is 1.